The van der Waals surface area contributed by atoms with Gasteiger partial charge in [-0.15, -0.1) is 0 Å². The monoisotopic (exact) mass is 345 g/mol. The van der Waals surface area contributed by atoms with Crippen LogP contribution in [0, 0.1) is 0 Å². The van der Waals surface area contributed by atoms with Gasteiger partial charge in [0.15, 0.2) is 0 Å². The van der Waals surface area contributed by atoms with E-state index in [1.807, 2.05) is 4.90 Å². The molecule has 0 saturated carbocycles. The minimum absolute atomic E-state index is 0.133. The lowest BCUT2D eigenvalue weighted by Gasteiger charge is -2.27. The maximum atomic E-state index is 13.0. The highest BCUT2D eigenvalue weighted by molar-refractivity contribution is 5.93. The van der Waals surface area contributed by atoms with Crippen molar-refractivity contribution >= 4 is 17.4 Å². The molecule has 2 N–H and O–H groups in total. The Morgan fingerprint density at radius 3 is 2.54 bits per heavy atom. The fourth-order valence-electron chi connectivity index (χ4n) is 2.57. The Morgan fingerprint density at radius 2 is 2.00 bits per heavy atom. The number of aliphatic hydroxyl groups excluding tert-OH is 1. The standard InChI is InChI=1S/C16H22F3N3O2/c1-11(10-23)21(2)15(24)20-13-9-12(16(17,18)19)5-6-14(13)22-7-3-4-8-22/h5-6,9,11,23H,3-4,7-8,10H2,1-2H3,(H,20,24)/t11-/m0/s1. The molecule has 0 aliphatic carbocycles. The zero-order valence-corrected chi connectivity index (χ0v) is 13.7. The van der Waals surface area contributed by atoms with Crippen LogP contribution in [0.25, 0.3) is 0 Å². The molecule has 134 valence electrons. The number of aliphatic hydroxyl groups is 1. The summed E-state index contributed by atoms with van der Waals surface area (Å²) in [6.45, 7) is 2.91. The van der Waals surface area contributed by atoms with Gasteiger partial charge in [-0.05, 0) is 38.0 Å². The molecule has 2 amide bonds. The molecule has 8 heteroatoms. The number of benzene rings is 1. The number of amides is 2. The topological polar surface area (TPSA) is 55.8 Å². The maximum Gasteiger partial charge on any atom is 0.416 e. The van der Waals surface area contributed by atoms with Gasteiger partial charge in [-0.1, -0.05) is 0 Å². The van der Waals surface area contributed by atoms with Crippen LogP contribution < -0.4 is 10.2 Å². The predicted molar refractivity (Wildman–Crippen MR) is 86.2 cm³/mol. The van der Waals surface area contributed by atoms with Crippen LogP contribution in [0.3, 0.4) is 0 Å². The van der Waals surface area contributed by atoms with E-state index in [0.717, 1.165) is 38.1 Å². The van der Waals surface area contributed by atoms with Gasteiger partial charge in [0.05, 0.1) is 29.6 Å². The first kappa shape index (κ1) is 18.4. The molecule has 0 aromatic heterocycles. The van der Waals surface area contributed by atoms with E-state index in [1.54, 1.807) is 6.92 Å². The molecule has 0 spiro atoms. The highest BCUT2D eigenvalue weighted by atomic mass is 19.4. The summed E-state index contributed by atoms with van der Waals surface area (Å²) < 4.78 is 39.0. The molecule has 5 nitrogen and oxygen atoms in total. The number of nitrogens with one attached hydrogen (secondary N) is 1. The predicted octanol–water partition coefficient (Wildman–Crippen LogP) is 3.15. The third kappa shape index (κ3) is 4.11. The molecule has 0 radical (unpaired) electrons. The van der Waals surface area contributed by atoms with E-state index >= 15 is 0 Å². The summed E-state index contributed by atoms with van der Waals surface area (Å²) in [6.07, 6.45) is -2.54. The highest BCUT2D eigenvalue weighted by Crippen LogP contribution is 2.36. The van der Waals surface area contributed by atoms with Crippen molar-refractivity contribution in [1.29, 1.82) is 0 Å². The van der Waals surface area contributed by atoms with Crippen molar-refractivity contribution < 1.29 is 23.1 Å². The zero-order chi connectivity index (χ0) is 17.9. The number of nitrogens with zero attached hydrogens (tertiary/aromatic N) is 2. The van der Waals surface area contributed by atoms with Crippen LogP contribution in [0.15, 0.2) is 18.2 Å². The van der Waals surface area contributed by atoms with Gasteiger partial charge in [-0.3, -0.25) is 0 Å². The summed E-state index contributed by atoms with van der Waals surface area (Å²) in [6, 6.07) is 2.40. The van der Waals surface area contributed by atoms with E-state index in [-0.39, 0.29) is 12.3 Å². The Balaban J connectivity index is 2.31. The number of rotatable bonds is 4. The Hall–Kier alpha value is -1.96. The number of alkyl halides is 3. The van der Waals surface area contributed by atoms with Crippen molar-refractivity contribution in [3.63, 3.8) is 0 Å². The zero-order valence-electron chi connectivity index (χ0n) is 13.7. The summed E-state index contributed by atoms with van der Waals surface area (Å²) in [4.78, 5) is 15.5. The second kappa shape index (κ2) is 7.29. The second-order valence-electron chi connectivity index (χ2n) is 6.00. The number of hydrogen-bond donors (Lipinski definition) is 2. The van der Waals surface area contributed by atoms with Crippen molar-refractivity contribution in [2.75, 3.05) is 37.0 Å². The first-order chi connectivity index (χ1) is 11.2. The van der Waals surface area contributed by atoms with Crippen LogP contribution in [-0.2, 0) is 6.18 Å². The molecule has 1 aromatic carbocycles. The van der Waals surface area contributed by atoms with Crippen LogP contribution >= 0.6 is 0 Å². The molecule has 1 aliphatic heterocycles. The quantitative estimate of drug-likeness (QED) is 0.881. The molecule has 1 fully saturated rings. The fourth-order valence-corrected chi connectivity index (χ4v) is 2.57. The summed E-state index contributed by atoms with van der Waals surface area (Å²) in [7, 11) is 1.49. The third-order valence-corrected chi connectivity index (χ3v) is 4.26. The highest BCUT2D eigenvalue weighted by Gasteiger charge is 2.32. The average molecular weight is 345 g/mol. The largest absolute Gasteiger partial charge is 0.416 e. The summed E-state index contributed by atoms with van der Waals surface area (Å²) in [5.41, 5.74) is -0.0915. The normalized spacial score (nSPS) is 16.2. The molecule has 1 atom stereocenters. The summed E-state index contributed by atoms with van der Waals surface area (Å²) in [5.74, 6) is 0. The summed E-state index contributed by atoms with van der Waals surface area (Å²) in [5, 5.41) is 11.7. The van der Waals surface area contributed by atoms with Gasteiger partial charge in [0.2, 0.25) is 0 Å². The lowest BCUT2D eigenvalue weighted by molar-refractivity contribution is -0.137. The molecule has 24 heavy (non-hydrogen) atoms. The van der Waals surface area contributed by atoms with Crippen LogP contribution in [-0.4, -0.2) is 48.8 Å². The van der Waals surface area contributed by atoms with Crippen LogP contribution in [0.4, 0.5) is 29.3 Å². The average Bonchev–Trinajstić information content (AvgIpc) is 3.06. The lowest BCUT2D eigenvalue weighted by Crippen LogP contribution is -2.40. The van der Waals surface area contributed by atoms with Gasteiger partial charge in [-0.25, -0.2) is 4.79 Å². The molecule has 0 bridgehead atoms. The van der Waals surface area contributed by atoms with Crippen molar-refractivity contribution in [3.8, 4) is 0 Å². The number of hydrogen-bond acceptors (Lipinski definition) is 3. The van der Waals surface area contributed by atoms with Crippen LogP contribution in [0.1, 0.15) is 25.3 Å². The van der Waals surface area contributed by atoms with Gasteiger partial charge >= 0.3 is 12.2 Å². The molecule has 2 rings (SSSR count). The van der Waals surface area contributed by atoms with E-state index < -0.39 is 23.8 Å². The first-order valence-corrected chi connectivity index (χ1v) is 7.85. The van der Waals surface area contributed by atoms with Crippen LogP contribution in [0.5, 0.6) is 0 Å². The van der Waals surface area contributed by atoms with Gasteiger partial charge in [-0.2, -0.15) is 13.2 Å². The number of urea groups is 1. The number of carbonyl (C=O) groups is 1. The van der Waals surface area contributed by atoms with Crippen molar-refractivity contribution in [2.24, 2.45) is 0 Å². The molecule has 0 unspecified atom stereocenters. The SMILES string of the molecule is C[C@@H](CO)N(C)C(=O)Nc1cc(C(F)(F)F)ccc1N1CCCC1. The van der Waals surface area contributed by atoms with E-state index in [0.29, 0.717) is 5.69 Å². The van der Waals surface area contributed by atoms with Gasteiger partial charge < -0.3 is 20.2 Å². The third-order valence-electron chi connectivity index (χ3n) is 4.26. The van der Waals surface area contributed by atoms with E-state index in [1.165, 1.54) is 18.0 Å². The van der Waals surface area contributed by atoms with Crippen LogP contribution in [0.2, 0.25) is 0 Å². The minimum atomic E-state index is -4.48. The van der Waals surface area contributed by atoms with E-state index in [2.05, 4.69) is 5.32 Å². The van der Waals surface area contributed by atoms with Gasteiger partial charge in [0, 0.05) is 20.1 Å². The van der Waals surface area contributed by atoms with Gasteiger partial charge in [0.25, 0.3) is 0 Å². The lowest BCUT2D eigenvalue weighted by atomic mass is 10.1. The Labute approximate surface area is 139 Å². The maximum absolute atomic E-state index is 13.0. The van der Waals surface area contributed by atoms with Crippen molar-refractivity contribution in [1.82, 2.24) is 4.90 Å². The molecular formula is C16H22F3N3O2. The number of carbonyl (C=O) groups excluding carboxylic acids is 1. The molecule has 1 aliphatic rings. The Kier molecular flexibility index (Phi) is 5.58. The molecule has 1 heterocycles. The van der Waals surface area contributed by atoms with E-state index in [4.69, 9.17) is 5.11 Å². The number of likely N-dealkylation sites (N-methyl/N-ethyl adjacent to an activating group) is 1. The van der Waals surface area contributed by atoms with Crippen molar-refractivity contribution in [2.45, 2.75) is 32.0 Å². The molecular weight excluding hydrogens is 323 g/mol. The second-order valence-corrected chi connectivity index (χ2v) is 6.00. The molecule has 1 saturated heterocycles. The number of halogens is 3. The number of anilines is 2. The Bertz CT molecular complexity index is 586. The van der Waals surface area contributed by atoms with E-state index in [9.17, 15) is 18.0 Å². The van der Waals surface area contributed by atoms with Gasteiger partial charge in [0.1, 0.15) is 0 Å². The minimum Gasteiger partial charge on any atom is -0.394 e. The van der Waals surface area contributed by atoms with Crippen molar-refractivity contribution in [3.05, 3.63) is 23.8 Å². The fraction of sp³-hybridized carbons (Fsp3) is 0.562. The Morgan fingerprint density at radius 1 is 1.38 bits per heavy atom. The first-order valence-electron chi connectivity index (χ1n) is 7.85. The smallest absolute Gasteiger partial charge is 0.394 e. The summed E-state index contributed by atoms with van der Waals surface area (Å²) >= 11 is 0. The molecule has 1 aromatic rings.